The number of hydrogen-bond acceptors (Lipinski definition) is 4. The van der Waals surface area contributed by atoms with Gasteiger partial charge in [-0.2, -0.15) is 0 Å². The molecule has 1 unspecified atom stereocenters. The Morgan fingerprint density at radius 3 is 2.96 bits per heavy atom. The van der Waals surface area contributed by atoms with E-state index in [1.807, 2.05) is 24.3 Å². The maximum absolute atomic E-state index is 12.3. The zero-order valence-corrected chi connectivity index (χ0v) is 13.7. The molecule has 0 aromatic heterocycles. The number of nitrogens with zero attached hydrogens (tertiary/aromatic N) is 1. The predicted molar refractivity (Wildman–Crippen MR) is 88.0 cm³/mol. The van der Waals surface area contributed by atoms with E-state index in [1.165, 1.54) is 0 Å². The van der Waals surface area contributed by atoms with Crippen LogP contribution in [0.5, 0.6) is 5.75 Å². The molecule has 0 N–H and O–H groups in total. The molecule has 0 aliphatic carbocycles. The van der Waals surface area contributed by atoms with Crippen molar-refractivity contribution in [3.05, 3.63) is 35.9 Å². The van der Waals surface area contributed by atoms with Gasteiger partial charge in [0.2, 0.25) is 5.91 Å². The van der Waals surface area contributed by atoms with Crippen LogP contribution < -0.4 is 4.74 Å². The van der Waals surface area contributed by atoms with Gasteiger partial charge in [0.25, 0.3) is 0 Å². The van der Waals surface area contributed by atoms with Gasteiger partial charge in [-0.1, -0.05) is 12.1 Å². The standard InChI is InChI=1S/C18H23NO4/c1-3-23-18(21)15-7-5-11-19(13-15)17(20)10-9-14-6-4-8-16(12-14)22-2/h4,6,8-10,12,15H,3,5,7,11,13H2,1-2H3/b10-9+. The van der Waals surface area contributed by atoms with E-state index in [1.54, 1.807) is 31.1 Å². The van der Waals surface area contributed by atoms with Gasteiger partial charge in [-0.15, -0.1) is 0 Å². The van der Waals surface area contributed by atoms with E-state index in [4.69, 9.17) is 9.47 Å². The quantitative estimate of drug-likeness (QED) is 0.618. The largest absolute Gasteiger partial charge is 0.497 e. The second kappa shape index (κ2) is 8.36. The lowest BCUT2D eigenvalue weighted by atomic mass is 9.98. The summed E-state index contributed by atoms with van der Waals surface area (Å²) in [5, 5.41) is 0. The van der Waals surface area contributed by atoms with Gasteiger partial charge in [-0.05, 0) is 43.5 Å². The first kappa shape index (κ1) is 17.1. The third-order valence-corrected chi connectivity index (χ3v) is 3.87. The van der Waals surface area contributed by atoms with Gasteiger partial charge in [-0.3, -0.25) is 9.59 Å². The van der Waals surface area contributed by atoms with Crippen LogP contribution in [0.15, 0.2) is 30.3 Å². The van der Waals surface area contributed by atoms with Crippen LogP contribution in [0, 0.1) is 5.92 Å². The summed E-state index contributed by atoms with van der Waals surface area (Å²) in [5.74, 6) is 0.251. The van der Waals surface area contributed by atoms with Crippen LogP contribution in [-0.4, -0.2) is 43.6 Å². The molecule has 124 valence electrons. The zero-order valence-electron chi connectivity index (χ0n) is 13.7. The number of hydrogen-bond donors (Lipinski definition) is 0. The van der Waals surface area contributed by atoms with E-state index in [0.29, 0.717) is 19.7 Å². The van der Waals surface area contributed by atoms with Gasteiger partial charge in [0.1, 0.15) is 5.75 Å². The van der Waals surface area contributed by atoms with E-state index in [9.17, 15) is 9.59 Å². The topological polar surface area (TPSA) is 55.8 Å². The average molecular weight is 317 g/mol. The highest BCUT2D eigenvalue weighted by Crippen LogP contribution is 2.19. The number of amides is 1. The van der Waals surface area contributed by atoms with Gasteiger partial charge in [-0.25, -0.2) is 0 Å². The zero-order chi connectivity index (χ0) is 16.7. The highest BCUT2D eigenvalue weighted by Gasteiger charge is 2.28. The third-order valence-electron chi connectivity index (χ3n) is 3.87. The van der Waals surface area contributed by atoms with E-state index >= 15 is 0 Å². The molecule has 23 heavy (non-hydrogen) atoms. The number of benzene rings is 1. The number of carbonyl (C=O) groups is 2. The summed E-state index contributed by atoms with van der Waals surface area (Å²) in [4.78, 5) is 25.8. The SMILES string of the molecule is CCOC(=O)C1CCCN(C(=O)/C=C/c2cccc(OC)c2)C1. The number of esters is 1. The molecular weight excluding hydrogens is 294 g/mol. The summed E-state index contributed by atoms with van der Waals surface area (Å²) in [7, 11) is 1.61. The lowest BCUT2D eigenvalue weighted by Crippen LogP contribution is -2.42. The fourth-order valence-corrected chi connectivity index (χ4v) is 2.65. The normalized spacial score (nSPS) is 18.0. The minimum absolute atomic E-state index is 0.0816. The molecule has 5 heteroatoms. The first-order chi connectivity index (χ1) is 11.1. The molecule has 1 aromatic carbocycles. The number of methoxy groups -OCH3 is 1. The average Bonchev–Trinajstić information content (AvgIpc) is 2.60. The minimum Gasteiger partial charge on any atom is -0.497 e. The van der Waals surface area contributed by atoms with E-state index in [-0.39, 0.29) is 17.8 Å². The van der Waals surface area contributed by atoms with Gasteiger partial charge >= 0.3 is 5.97 Å². The monoisotopic (exact) mass is 317 g/mol. The lowest BCUT2D eigenvalue weighted by molar-refractivity contribution is -0.150. The number of piperidine rings is 1. The molecular formula is C18H23NO4. The molecule has 1 fully saturated rings. The van der Waals surface area contributed by atoms with E-state index in [0.717, 1.165) is 24.2 Å². The van der Waals surface area contributed by atoms with Crippen LogP contribution in [-0.2, 0) is 14.3 Å². The molecule has 1 aromatic rings. The number of ether oxygens (including phenoxy) is 2. The molecule has 1 atom stereocenters. The van der Waals surface area contributed by atoms with E-state index < -0.39 is 0 Å². The van der Waals surface area contributed by atoms with Gasteiger partial charge in [0, 0.05) is 19.2 Å². The van der Waals surface area contributed by atoms with Crippen molar-refractivity contribution >= 4 is 18.0 Å². The Hall–Kier alpha value is -2.30. The Bertz CT molecular complexity index is 582. The second-order valence-corrected chi connectivity index (χ2v) is 5.49. The molecule has 1 saturated heterocycles. The molecule has 1 amide bonds. The van der Waals surface area contributed by atoms with Crippen molar-refractivity contribution in [1.29, 1.82) is 0 Å². The molecule has 0 radical (unpaired) electrons. The van der Waals surface area contributed by atoms with Crippen molar-refractivity contribution in [2.75, 3.05) is 26.8 Å². The Morgan fingerprint density at radius 2 is 2.22 bits per heavy atom. The van der Waals surface area contributed by atoms with Crippen LogP contribution in [0.2, 0.25) is 0 Å². The van der Waals surface area contributed by atoms with Crippen molar-refractivity contribution in [3.63, 3.8) is 0 Å². The molecule has 5 nitrogen and oxygen atoms in total. The number of carbonyl (C=O) groups excluding carboxylic acids is 2. The first-order valence-corrected chi connectivity index (χ1v) is 7.91. The van der Waals surface area contributed by atoms with Crippen molar-refractivity contribution in [2.45, 2.75) is 19.8 Å². The number of rotatable bonds is 5. The Morgan fingerprint density at radius 1 is 1.39 bits per heavy atom. The summed E-state index contributed by atoms with van der Waals surface area (Å²) < 4.78 is 10.2. The van der Waals surface area contributed by atoms with Gasteiger partial charge in [0.05, 0.1) is 19.6 Å². The molecule has 1 aliphatic rings. The Labute approximate surface area is 136 Å². The summed E-state index contributed by atoms with van der Waals surface area (Å²) in [6.45, 7) is 3.27. The summed E-state index contributed by atoms with van der Waals surface area (Å²) >= 11 is 0. The Kier molecular flexibility index (Phi) is 6.20. The van der Waals surface area contributed by atoms with Gasteiger partial charge < -0.3 is 14.4 Å². The van der Waals surface area contributed by atoms with Gasteiger partial charge in [0.15, 0.2) is 0 Å². The highest BCUT2D eigenvalue weighted by molar-refractivity contribution is 5.92. The molecule has 2 rings (SSSR count). The van der Waals surface area contributed by atoms with Crippen LogP contribution in [0.1, 0.15) is 25.3 Å². The van der Waals surface area contributed by atoms with Crippen molar-refractivity contribution in [3.8, 4) is 5.75 Å². The highest BCUT2D eigenvalue weighted by atomic mass is 16.5. The Balaban J connectivity index is 1.96. The fraction of sp³-hybridized carbons (Fsp3) is 0.444. The maximum Gasteiger partial charge on any atom is 0.310 e. The molecule has 0 bridgehead atoms. The first-order valence-electron chi connectivity index (χ1n) is 7.91. The maximum atomic E-state index is 12.3. The smallest absolute Gasteiger partial charge is 0.310 e. The van der Waals surface area contributed by atoms with E-state index in [2.05, 4.69) is 0 Å². The molecule has 0 saturated carbocycles. The third kappa shape index (κ3) is 4.84. The summed E-state index contributed by atoms with van der Waals surface area (Å²) in [6, 6.07) is 7.50. The summed E-state index contributed by atoms with van der Waals surface area (Å²) in [6.07, 6.45) is 4.91. The molecule has 1 aliphatic heterocycles. The lowest BCUT2D eigenvalue weighted by Gasteiger charge is -2.30. The van der Waals surface area contributed by atoms with Crippen molar-refractivity contribution in [1.82, 2.24) is 4.90 Å². The second-order valence-electron chi connectivity index (χ2n) is 5.49. The minimum atomic E-state index is -0.210. The predicted octanol–water partition coefficient (Wildman–Crippen LogP) is 2.51. The van der Waals surface area contributed by atoms with Crippen molar-refractivity contribution < 1.29 is 19.1 Å². The van der Waals surface area contributed by atoms with Crippen molar-refractivity contribution in [2.24, 2.45) is 5.92 Å². The molecule has 0 spiro atoms. The summed E-state index contributed by atoms with van der Waals surface area (Å²) in [5.41, 5.74) is 0.900. The van der Waals surface area contributed by atoms with Crippen LogP contribution in [0.3, 0.4) is 0 Å². The number of likely N-dealkylation sites (tertiary alicyclic amines) is 1. The van der Waals surface area contributed by atoms with Crippen LogP contribution in [0.25, 0.3) is 6.08 Å². The van der Waals surface area contributed by atoms with Crippen LogP contribution >= 0.6 is 0 Å². The fourth-order valence-electron chi connectivity index (χ4n) is 2.65. The van der Waals surface area contributed by atoms with Crippen LogP contribution in [0.4, 0.5) is 0 Å². The molecule has 1 heterocycles.